The first kappa shape index (κ1) is 31.7. The smallest absolute Gasteiger partial charge is 0.238 e. The molecule has 0 spiro atoms. The molecule has 11 aromatic rings. The molecule has 4 heterocycles. The highest BCUT2D eigenvalue weighted by molar-refractivity contribution is 6.16. The van der Waals surface area contributed by atoms with E-state index < -0.39 is 0 Å². The molecule has 0 aliphatic carbocycles. The van der Waals surface area contributed by atoms with Gasteiger partial charge in [-0.05, 0) is 36.4 Å². The van der Waals surface area contributed by atoms with Crippen molar-refractivity contribution in [2.24, 2.45) is 0 Å². The van der Waals surface area contributed by atoms with Crippen LogP contribution in [0.2, 0.25) is 0 Å². The van der Waals surface area contributed by atoms with Crippen LogP contribution in [0.25, 0.3) is 101 Å². The van der Waals surface area contributed by atoms with Gasteiger partial charge >= 0.3 is 0 Å². The number of hydrogen-bond acceptors (Lipinski definition) is 5. The largest absolute Gasteiger partial charge is 0.294 e. The summed E-state index contributed by atoms with van der Waals surface area (Å²) in [5.41, 5.74) is 9.63. The summed E-state index contributed by atoms with van der Waals surface area (Å²) < 4.78 is 4.41. The van der Waals surface area contributed by atoms with E-state index in [0.717, 1.165) is 77.4 Å². The first-order valence-electron chi connectivity index (χ1n) is 18.6. The van der Waals surface area contributed by atoms with Gasteiger partial charge in [-0.2, -0.15) is 9.97 Å². The maximum Gasteiger partial charge on any atom is 0.238 e. The molecule has 7 aromatic carbocycles. The quantitative estimate of drug-likeness (QED) is 0.171. The zero-order valence-electron chi connectivity index (χ0n) is 30.0. The molecule has 4 aromatic heterocycles. The summed E-state index contributed by atoms with van der Waals surface area (Å²) in [5, 5.41) is 4.26. The Labute approximate surface area is 321 Å². The fourth-order valence-corrected chi connectivity index (χ4v) is 7.85. The molecule has 0 fully saturated rings. The van der Waals surface area contributed by atoms with Crippen molar-refractivity contribution < 1.29 is 0 Å². The summed E-state index contributed by atoms with van der Waals surface area (Å²) in [5.74, 6) is 2.45. The summed E-state index contributed by atoms with van der Waals surface area (Å²) in [6, 6.07) is 64.4. The minimum atomic E-state index is 0.554. The van der Waals surface area contributed by atoms with Gasteiger partial charge < -0.3 is 0 Å². The molecular formula is C49H31N7. The predicted molar refractivity (Wildman–Crippen MR) is 226 cm³/mol. The Morgan fingerprint density at radius 2 is 0.804 bits per heavy atom. The summed E-state index contributed by atoms with van der Waals surface area (Å²) >= 11 is 0. The SMILES string of the molecule is c1ccc(-c2nc(-c3ccccc3)nc(-n3c4ccccc4c4cc(-c5nc(-c6ccccc6)nc6c5c5ccccc5n6-c5ccccc5)ccc43)n2)cc1. The van der Waals surface area contributed by atoms with Gasteiger partial charge in [0.2, 0.25) is 5.95 Å². The third kappa shape index (κ3) is 5.17. The molecule has 11 rings (SSSR count). The summed E-state index contributed by atoms with van der Waals surface area (Å²) in [6.07, 6.45) is 0. The zero-order valence-corrected chi connectivity index (χ0v) is 30.0. The van der Waals surface area contributed by atoms with Crippen LogP contribution in [-0.4, -0.2) is 34.1 Å². The molecule has 56 heavy (non-hydrogen) atoms. The number of hydrogen-bond donors (Lipinski definition) is 0. The molecule has 7 nitrogen and oxygen atoms in total. The zero-order chi connectivity index (χ0) is 37.0. The van der Waals surface area contributed by atoms with Crippen LogP contribution in [0.1, 0.15) is 0 Å². The van der Waals surface area contributed by atoms with E-state index in [2.05, 4.69) is 112 Å². The number of nitrogens with zero attached hydrogens (tertiary/aromatic N) is 7. The van der Waals surface area contributed by atoms with Crippen molar-refractivity contribution in [2.45, 2.75) is 0 Å². The maximum atomic E-state index is 5.38. The molecule has 0 aliphatic heterocycles. The van der Waals surface area contributed by atoms with Crippen LogP contribution in [0.5, 0.6) is 0 Å². The van der Waals surface area contributed by atoms with E-state index in [4.69, 9.17) is 24.9 Å². The average Bonchev–Trinajstić information content (AvgIpc) is 3.80. The molecule has 0 N–H and O–H groups in total. The van der Waals surface area contributed by atoms with Gasteiger partial charge in [0.25, 0.3) is 0 Å². The molecule has 7 heteroatoms. The second-order valence-electron chi connectivity index (χ2n) is 13.7. The summed E-state index contributed by atoms with van der Waals surface area (Å²) in [7, 11) is 0. The van der Waals surface area contributed by atoms with Crippen LogP contribution in [0.4, 0.5) is 0 Å². The van der Waals surface area contributed by atoms with Crippen molar-refractivity contribution in [1.82, 2.24) is 34.1 Å². The molecule has 0 saturated heterocycles. The second-order valence-corrected chi connectivity index (χ2v) is 13.7. The van der Waals surface area contributed by atoms with Crippen LogP contribution >= 0.6 is 0 Å². The van der Waals surface area contributed by atoms with E-state index in [1.54, 1.807) is 0 Å². The molecule has 0 radical (unpaired) electrons. The summed E-state index contributed by atoms with van der Waals surface area (Å²) in [4.78, 5) is 25.9. The lowest BCUT2D eigenvalue weighted by atomic mass is 10.0. The molecule has 0 saturated carbocycles. The Hall–Kier alpha value is -7.77. The van der Waals surface area contributed by atoms with Gasteiger partial charge in [0.1, 0.15) is 5.65 Å². The van der Waals surface area contributed by atoms with E-state index >= 15 is 0 Å². The van der Waals surface area contributed by atoms with Gasteiger partial charge in [-0.15, -0.1) is 0 Å². The van der Waals surface area contributed by atoms with Gasteiger partial charge in [0, 0.05) is 44.1 Å². The van der Waals surface area contributed by atoms with Crippen LogP contribution in [0.15, 0.2) is 188 Å². The maximum absolute atomic E-state index is 5.38. The molecule has 0 unspecified atom stereocenters. The highest BCUT2D eigenvalue weighted by atomic mass is 15.2. The first-order valence-corrected chi connectivity index (χ1v) is 18.6. The Bertz CT molecular complexity index is 3170. The highest BCUT2D eigenvalue weighted by Gasteiger charge is 2.23. The molecular weight excluding hydrogens is 687 g/mol. The lowest BCUT2D eigenvalue weighted by molar-refractivity contribution is 0.953. The number of aromatic nitrogens is 7. The lowest BCUT2D eigenvalue weighted by Crippen LogP contribution is -2.06. The van der Waals surface area contributed by atoms with Gasteiger partial charge in [0.05, 0.1) is 27.6 Å². The number of benzene rings is 7. The van der Waals surface area contributed by atoms with E-state index in [1.165, 1.54) is 0 Å². The van der Waals surface area contributed by atoms with Gasteiger partial charge in [0.15, 0.2) is 17.5 Å². The fraction of sp³-hybridized carbons (Fsp3) is 0. The third-order valence-electron chi connectivity index (χ3n) is 10.4. The Morgan fingerprint density at radius 1 is 0.321 bits per heavy atom. The summed E-state index contributed by atoms with van der Waals surface area (Å²) in [6.45, 7) is 0. The van der Waals surface area contributed by atoms with Crippen molar-refractivity contribution in [3.05, 3.63) is 188 Å². The first-order chi connectivity index (χ1) is 27.8. The van der Waals surface area contributed by atoms with Crippen molar-refractivity contribution in [2.75, 3.05) is 0 Å². The minimum absolute atomic E-state index is 0.554. The average molecular weight is 718 g/mol. The predicted octanol–water partition coefficient (Wildman–Crippen LogP) is 11.5. The number of rotatable bonds is 6. The topological polar surface area (TPSA) is 74.3 Å². The highest BCUT2D eigenvalue weighted by Crippen LogP contribution is 2.40. The molecule has 0 bridgehead atoms. The molecule has 262 valence electrons. The standard InChI is InChI=1S/C49H31N7/c1-5-17-32(18-6-1)45-50-44(43-38-26-14-16-28-41(38)55(48(43)52-45)36-23-11-4-12-24-36)35-29-30-42-39(31-35)37-25-13-15-27-40(37)56(42)49-53-46(33-19-7-2-8-20-33)51-47(54-49)34-21-9-3-10-22-34/h1-31H. The van der Waals surface area contributed by atoms with E-state index in [0.29, 0.717) is 23.4 Å². The Balaban J connectivity index is 1.19. The monoisotopic (exact) mass is 717 g/mol. The van der Waals surface area contributed by atoms with E-state index in [1.807, 2.05) is 84.9 Å². The van der Waals surface area contributed by atoms with E-state index in [9.17, 15) is 0 Å². The Kier molecular flexibility index (Phi) is 7.35. The third-order valence-corrected chi connectivity index (χ3v) is 10.4. The van der Waals surface area contributed by atoms with Crippen molar-refractivity contribution in [3.8, 4) is 57.1 Å². The van der Waals surface area contributed by atoms with Crippen LogP contribution in [0.3, 0.4) is 0 Å². The van der Waals surface area contributed by atoms with Gasteiger partial charge in [-0.25, -0.2) is 15.0 Å². The second kappa shape index (κ2) is 13.0. The number of para-hydroxylation sites is 3. The minimum Gasteiger partial charge on any atom is -0.294 e. The lowest BCUT2D eigenvalue weighted by Gasteiger charge is -2.12. The van der Waals surface area contributed by atoms with Crippen LogP contribution in [0, 0.1) is 0 Å². The van der Waals surface area contributed by atoms with Gasteiger partial charge in [-0.1, -0.05) is 152 Å². The van der Waals surface area contributed by atoms with Crippen LogP contribution in [-0.2, 0) is 0 Å². The van der Waals surface area contributed by atoms with Gasteiger partial charge in [-0.3, -0.25) is 9.13 Å². The van der Waals surface area contributed by atoms with Crippen molar-refractivity contribution in [3.63, 3.8) is 0 Å². The Morgan fingerprint density at radius 3 is 1.41 bits per heavy atom. The van der Waals surface area contributed by atoms with Crippen LogP contribution < -0.4 is 0 Å². The van der Waals surface area contributed by atoms with Crippen molar-refractivity contribution in [1.29, 1.82) is 0 Å². The number of fused-ring (bicyclic) bond motifs is 6. The van der Waals surface area contributed by atoms with Crippen molar-refractivity contribution >= 4 is 43.7 Å². The normalized spacial score (nSPS) is 11.6. The molecule has 0 atom stereocenters. The fourth-order valence-electron chi connectivity index (χ4n) is 7.85. The molecule has 0 amide bonds. The van der Waals surface area contributed by atoms with E-state index in [-0.39, 0.29) is 0 Å². The molecule has 0 aliphatic rings.